The van der Waals surface area contributed by atoms with Gasteiger partial charge in [0.15, 0.2) is 0 Å². The number of aryl methyl sites for hydroxylation is 3. The van der Waals surface area contributed by atoms with E-state index in [2.05, 4.69) is 49.6 Å². The van der Waals surface area contributed by atoms with E-state index in [0.29, 0.717) is 6.04 Å². The Kier molecular flexibility index (Phi) is 3.72. The van der Waals surface area contributed by atoms with Crippen molar-refractivity contribution >= 4 is 11.3 Å². The molecule has 0 bridgehead atoms. The molecule has 0 fully saturated rings. The molecule has 1 aromatic heterocycles. The van der Waals surface area contributed by atoms with Crippen molar-refractivity contribution < 1.29 is 0 Å². The Balaban J connectivity index is 1.98. The third-order valence-electron chi connectivity index (χ3n) is 4.09. The lowest BCUT2D eigenvalue weighted by Gasteiger charge is -2.17. The number of nitrogens with one attached hydrogen (secondary N) is 1. The van der Waals surface area contributed by atoms with Gasteiger partial charge in [-0.3, -0.25) is 0 Å². The van der Waals surface area contributed by atoms with Gasteiger partial charge >= 0.3 is 0 Å². The van der Waals surface area contributed by atoms with E-state index in [1.807, 2.05) is 11.3 Å². The van der Waals surface area contributed by atoms with Gasteiger partial charge in [-0.25, -0.2) is 0 Å². The zero-order valence-electron chi connectivity index (χ0n) is 11.7. The van der Waals surface area contributed by atoms with Gasteiger partial charge in [-0.15, -0.1) is 11.3 Å². The Morgan fingerprint density at radius 3 is 2.68 bits per heavy atom. The summed E-state index contributed by atoms with van der Waals surface area (Å²) < 4.78 is 0. The highest BCUT2D eigenvalue weighted by Gasteiger charge is 2.20. The summed E-state index contributed by atoms with van der Waals surface area (Å²) in [7, 11) is 2.07. The summed E-state index contributed by atoms with van der Waals surface area (Å²) in [6.45, 7) is 2.20. The average Bonchev–Trinajstić information content (AvgIpc) is 2.85. The van der Waals surface area contributed by atoms with Crippen molar-refractivity contribution in [2.45, 2.75) is 38.6 Å². The molecular formula is C17H21NS. The smallest absolute Gasteiger partial charge is 0.0671 e. The zero-order valence-corrected chi connectivity index (χ0v) is 12.5. The molecule has 1 atom stereocenters. The van der Waals surface area contributed by atoms with Gasteiger partial charge in [-0.2, -0.15) is 0 Å². The summed E-state index contributed by atoms with van der Waals surface area (Å²) in [4.78, 5) is 3.10. The third-order valence-corrected chi connectivity index (χ3v) is 5.39. The number of thiophene rings is 1. The molecule has 2 heteroatoms. The first kappa shape index (κ1) is 12.9. The predicted octanol–water partition coefficient (Wildman–Crippen LogP) is 4.24. The summed E-state index contributed by atoms with van der Waals surface area (Å²) in [6.07, 6.45) is 5.28. The first-order valence-corrected chi connectivity index (χ1v) is 7.95. The van der Waals surface area contributed by atoms with Crippen LogP contribution in [-0.4, -0.2) is 7.05 Å². The van der Waals surface area contributed by atoms with E-state index < -0.39 is 0 Å². The van der Waals surface area contributed by atoms with Gasteiger partial charge < -0.3 is 5.32 Å². The number of hydrogen-bond donors (Lipinski definition) is 1. The summed E-state index contributed by atoms with van der Waals surface area (Å²) >= 11 is 2.01. The molecule has 2 aromatic rings. The van der Waals surface area contributed by atoms with Crippen molar-refractivity contribution in [1.29, 1.82) is 0 Å². The van der Waals surface area contributed by atoms with E-state index in [4.69, 9.17) is 0 Å². The average molecular weight is 271 g/mol. The molecule has 0 spiro atoms. The molecule has 1 N–H and O–H groups in total. The van der Waals surface area contributed by atoms with Gasteiger partial charge in [0.2, 0.25) is 0 Å². The van der Waals surface area contributed by atoms with Crippen molar-refractivity contribution in [3.05, 3.63) is 56.8 Å². The van der Waals surface area contributed by atoms with Crippen LogP contribution in [0.2, 0.25) is 0 Å². The predicted molar refractivity (Wildman–Crippen MR) is 83.0 cm³/mol. The van der Waals surface area contributed by atoms with Crippen LogP contribution in [0.15, 0.2) is 30.3 Å². The minimum atomic E-state index is 0.344. The maximum atomic E-state index is 3.50. The van der Waals surface area contributed by atoms with Crippen molar-refractivity contribution in [3.63, 3.8) is 0 Å². The van der Waals surface area contributed by atoms with E-state index in [1.165, 1.54) is 41.7 Å². The fourth-order valence-corrected chi connectivity index (χ4v) is 4.40. The summed E-state index contributed by atoms with van der Waals surface area (Å²) in [5.41, 5.74) is 4.37. The highest BCUT2D eigenvalue weighted by Crippen LogP contribution is 2.35. The van der Waals surface area contributed by atoms with Crippen LogP contribution in [0, 0.1) is 6.92 Å². The number of hydrogen-bond acceptors (Lipinski definition) is 2. The summed E-state index contributed by atoms with van der Waals surface area (Å²) in [5, 5.41) is 3.50. The molecule has 0 aliphatic heterocycles. The molecule has 1 aliphatic rings. The first-order valence-electron chi connectivity index (χ1n) is 7.14. The van der Waals surface area contributed by atoms with E-state index in [-0.39, 0.29) is 0 Å². The maximum Gasteiger partial charge on any atom is 0.0671 e. The standard InChI is InChI=1S/C17H21NS/c1-12-7-3-5-9-14(12)17(18-2)16-11-13-8-4-6-10-15(13)19-16/h3,5,7,9,11,17-18H,4,6,8,10H2,1-2H3. The Morgan fingerprint density at radius 2 is 1.95 bits per heavy atom. The maximum absolute atomic E-state index is 3.50. The van der Waals surface area contributed by atoms with Crippen LogP contribution in [0.1, 0.15) is 45.3 Å². The molecular weight excluding hydrogens is 250 g/mol. The SMILES string of the molecule is CNC(c1cc2c(s1)CCCC2)c1ccccc1C. The second kappa shape index (κ2) is 5.48. The molecule has 1 heterocycles. The van der Waals surface area contributed by atoms with Crippen LogP contribution >= 0.6 is 11.3 Å². The van der Waals surface area contributed by atoms with Gasteiger partial charge in [-0.05, 0) is 62.4 Å². The largest absolute Gasteiger partial charge is 0.309 e. The Hall–Kier alpha value is -1.12. The van der Waals surface area contributed by atoms with Crippen molar-refractivity contribution in [1.82, 2.24) is 5.32 Å². The first-order chi connectivity index (χ1) is 9.29. The lowest BCUT2D eigenvalue weighted by molar-refractivity contribution is 0.689. The van der Waals surface area contributed by atoms with Gasteiger partial charge in [-0.1, -0.05) is 24.3 Å². The summed E-state index contributed by atoms with van der Waals surface area (Å²) in [6, 6.07) is 11.5. The highest BCUT2D eigenvalue weighted by atomic mass is 32.1. The fraction of sp³-hybridized carbons (Fsp3) is 0.412. The molecule has 1 aliphatic carbocycles. The number of rotatable bonds is 3. The van der Waals surface area contributed by atoms with Crippen LogP contribution in [0.4, 0.5) is 0 Å². The van der Waals surface area contributed by atoms with Crippen LogP contribution < -0.4 is 5.32 Å². The molecule has 1 nitrogen and oxygen atoms in total. The molecule has 1 unspecified atom stereocenters. The molecule has 19 heavy (non-hydrogen) atoms. The normalized spacial score (nSPS) is 16.1. The van der Waals surface area contributed by atoms with E-state index in [9.17, 15) is 0 Å². The molecule has 0 amide bonds. The van der Waals surface area contributed by atoms with Crippen LogP contribution in [0.25, 0.3) is 0 Å². The molecule has 0 saturated carbocycles. The minimum Gasteiger partial charge on any atom is -0.309 e. The molecule has 1 aromatic carbocycles. The van der Waals surface area contributed by atoms with Crippen LogP contribution in [-0.2, 0) is 12.8 Å². The highest BCUT2D eigenvalue weighted by molar-refractivity contribution is 7.12. The van der Waals surface area contributed by atoms with E-state index in [1.54, 1.807) is 10.4 Å². The fourth-order valence-electron chi connectivity index (χ4n) is 3.02. The lowest BCUT2D eigenvalue weighted by atomic mass is 9.96. The quantitative estimate of drug-likeness (QED) is 0.880. The number of fused-ring (bicyclic) bond motifs is 1. The molecule has 3 rings (SSSR count). The van der Waals surface area contributed by atoms with Crippen molar-refractivity contribution in [2.75, 3.05) is 7.05 Å². The summed E-state index contributed by atoms with van der Waals surface area (Å²) in [5.74, 6) is 0. The number of benzene rings is 1. The van der Waals surface area contributed by atoms with Gasteiger partial charge in [0, 0.05) is 9.75 Å². The molecule has 0 saturated heterocycles. The second-order valence-corrected chi connectivity index (χ2v) is 6.55. The van der Waals surface area contributed by atoms with Crippen molar-refractivity contribution in [3.8, 4) is 0 Å². The Labute approximate surface area is 119 Å². The van der Waals surface area contributed by atoms with E-state index >= 15 is 0 Å². The lowest BCUT2D eigenvalue weighted by Crippen LogP contribution is -2.17. The molecule has 100 valence electrons. The van der Waals surface area contributed by atoms with Crippen molar-refractivity contribution in [2.24, 2.45) is 0 Å². The monoisotopic (exact) mass is 271 g/mol. The minimum absolute atomic E-state index is 0.344. The Morgan fingerprint density at radius 1 is 1.16 bits per heavy atom. The second-order valence-electron chi connectivity index (χ2n) is 5.38. The molecule has 0 radical (unpaired) electrons. The van der Waals surface area contributed by atoms with E-state index in [0.717, 1.165) is 0 Å². The van der Waals surface area contributed by atoms with Gasteiger partial charge in [0.1, 0.15) is 0 Å². The zero-order chi connectivity index (χ0) is 13.2. The third kappa shape index (κ3) is 2.47. The topological polar surface area (TPSA) is 12.0 Å². The van der Waals surface area contributed by atoms with Gasteiger partial charge in [0.05, 0.1) is 6.04 Å². The van der Waals surface area contributed by atoms with Crippen LogP contribution in [0.3, 0.4) is 0 Å². The Bertz CT molecular complexity index is 547. The van der Waals surface area contributed by atoms with Gasteiger partial charge in [0.25, 0.3) is 0 Å². The van der Waals surface area contributed by atoms with Crippen LogP contribution in [0.5, 0.6) is 0 Å².